The van der Waals surface area contributed by atoms with Crippen molar-refractivity contribution in [1.82, 2.24) is 0 Å². The van der Waals surface area contributed by atoms with Gasteiger partial charge in [-0.05, 0) is 16.7 Å². The van der Waals surface area contributed by atoms with Gasteiger partial charge in [0.05, 0.1) is 0 Å². The van der Waals surface area contributed by atoms with Crippen molar-refractivity contribution in [2.24, 2.45) is 0 Å². The van der Waals surface area contributed by atoms with Crippen LogP contribution >= 0.6 is 32.3 Å². The third-order valence-corrected chi connectivity index (χ3v) is 3.16. The lowest BCUT2D eigenvalue weighted by molar-refractivity contribution is -0.352. The van der Waals surface area contributed by atoms with Crippen molar-refractivity contribution in [3.05, 3.63) is 0 Å². The molecule has 0 aliphatic carbocycles. The van der Waals surface area contributed by atoms with Crippen molar-refractivity contribution in [1.29, 1.82) is 0 Å². The molecule has 0 aliphatic rings. The zero-order chi connectivity index (χ0) is 10.5. The number of hydrogen-bond donors (Lipinski definition) is 4. The van der Waals surface area contributed by atoms with Gasteiger partial charge < -0.3 is 20.1 Å². The Morgan fingerprint density at radius 1 is 1.62 bits per heavy atom. The molecule has 0 heterocycles. The third-order valence-electron chi connectivity index (χ3n) is 1.08. The van der Waals surface area contributed by atoms with E-state index in [0.717, 1.165) is 27.5 Å². The summed E-state index contributed by atoms with van der Waals surface area (Å²) in [6, 6.07) is 0. The molecule has 0 aromatic heterocycles. The topological polar surface area (TPSA) is 87.0 Å². The van der Waals surface area contributed by atoms with Crippen LogP contribution in [0.1, 0.15) is 6.92 Å². The zero-order valence-electron chi connectivity index (χ0n) is 6.71. The number of aliphatic hydroxyl groups is 3. The maximum absolute atomic E-state index is 10.8. The molecule has 0 spiro atoms. The van der Waals surface area contributed by atoms with E-state index in [1.54, 1.807) is 0 Å². The molecule has 3 N–H and O–H groups in total. The molecule has 0 saturated heterocycles. The van der Waals surface area contributed by atoms with Gasteiger partial charge in [-0.25, -0.2) is 0 Å². The van der Waals surface area contributed by atoms with E-state index in [9.17, 15) is 4.79 Å². The quantitative estimate of drug-likeness (QED) is 0.231. The second-order valence-electron chi connectivity index (χ2n) is 2.16. The van der Waals surface area contributed by atoms with E-state index in [1.807, 2.05) is 0 Å². The van der Waals surface area contributed by atoms with E-state index in [1.165, 1.54) is 0 Å². The number of thiol groups is 1. The first-order valence-electron chi connectivity index (χ1n) is 3.17. The lowest BCUT2D eigenvalue weighted by Gasteiger charge is -2.21. The van der Waals surface area contributed by atoms with Gasteiger partial charge in [-0.2, -0.15) is 0 Å². The molecule has 5 nitrogen and oxygen atoms in total. The number of hydrogen-bond acceptors (Lipinski definition) is 8. The highest BCUT2D eigenvalue weighted by molar-refractivity contribution is 9.05. The molecule has 0 radical (unpaired) electrons. The van der Waals surface area contributed by atoms with Gasteiger partial charge >= 0.3 is 11.9 Å². The van der Waals surface area contributed by atoms with Crippen molar-refractivity contribution in [2.45, 2.75) is 19.0 Å². The summed E-state index contributed by atoms with van der Waals surface area (Å²) >= 11 is 3.77. The van der Waals surface area contributed by atoms with Gasteiger partial charge in [0.25, 0.3) is 0 Å². The van der Waals surface area contributed by atoms with Gasteiger partial charge in [-0.15, -0.1) is 0 Å². The number of carbonyl (C=O) groups is 1. The van der Waals surface area contributed by atoms with Gasteiger partial charge in [0.15, 0.2) is 6.10 Å². The van der Waals surface area contributed by atoms with Gasteiger partial charge in [-0.3, -0.25) is 4.79 Å². The summed E-state index contributed by atoms with van der Waals surface area (Å²) in [5.74, 6) is -3.62. The van der Waals surface area contributed by atoms with Crippen LogP contribution in [0.5, 0.6) is 0 Å². The molecular formula is C5H10O5S3. The zero-order valence-corrected chi connectivity index (χ0v) is 9.23. The van der Waals surface area contributed by atoms with Crippen LogP contribution in [0.15, 0.2) is 0 Å². The molecule has 0 amide bonds. The molecule has 0 saturated carbocycles. The first kappa shape index (κ1) is 13.4. The molecule has 0 aromatic rings. The van der Waals surface area contributed by atoms with Crippen molar-refractivity contribution in [2.75, 3.05) is 5.75 Å². The highest BCUT2D eigenvalue weighted by Crippen LogP contribution is 2.24. The maximum atomic E-state index is 10.8. The normalized spacial score (nSPS) is 13.9. The van der Waals surface area contributed by atoms with Crippen LogP contribution in [0.25, 0.3) is 0 Å². The SMILES string of the molecule is CC(OC(=O)CSSS)C(O)(O)O. The third kappa shape index (κ3) is 6.47. The summed E-state index contributed by atoms with van der Waals surface area (Å²) in [6.45, 7) is 1.16. The largest absolute Gasteiger partial charge is 0.453 e. The minimum absolute atomic E-state index is 0.0224. The van der Waals surface area contributed by atoms with Crippen LogP contribution < -0.4 is 0 Å². The van der Waals surface area contributed by atoms with Crippen LogP contribution in [-0.2, 0) is 9.53 Å². The second-order valence-corrected chi connectivity index (χ2v) is 5.33. The summed E-state index contributed by atoms with van der Waals surface area (Å²) in [7, 11) is 2.22. The fraction of sp³-hybridized carbons (Fsp3) is 0.800. The Bertz CT molecular complexity index is 168. The number of esters is 1. The molecule has 8 heteroatoms. The van der Waals surface area contributed by atoms with Gasteiger partial charge in [-0.1, -0.05) is 22.5 Å². The smallest absolute Gasteiger partial charge is 0.317 e. The van der Waals surface area contributed by atoms with Gasteiger partial charge in [0, 0.05) is 0 Å². The number of carbonyl (C=O) groups excluding carboxylic acids is 1. The molecule has 0 aromatic carbocycles. The van der Waals surface area contributed by atoms with E-state index in [4.69, 9.17) is 15.3 Å². The van der Waals surface area contributed by atoms with E-state index >= 15 is 0 Å². The summed E-state index contributed by atoms with van der Waals surface area (Å²) in [5, 5.41) is 25.7. The fourth-order valence-electron chi connectivity index (χ4n) is 0.385. The Morgan fingerprint density at radius 3 is 2.54 bits per heavy atom. The van der Waals surface area contributed by atoms with E-state index in [2.05, 4.69) is 16.4 Å². The lowest BCUT2D eigenvalue weighted by Crippen LogP contribution is -2.43. The van der Waals surface area contributed by atoms with Crippen molar-refractivity contribution < 1.29 is 24.9 Å². The molecule has 0 bridgehead atoms. The molecule has 13 heavy (non-hydrogen) atoms. The average Bonchev–Trinajstić information content (AvgIpc) is 1.99. The summed E-state index contributed by atoms with van der Waals surface area (Å²) in [4.78, 5) is 10.8. The molecule has 0 rings (SSSR count). The minimum atomic E-state index is -2.99. The van der Waals surface area contributed by atoms with Crippen LogP contribution in [-0.4, -0.2) is 39.1 Å². The summed E-state index contributed by atoms with van der Waals surface area (Å²) in [5.41, 5.74) is 0. The Morgan fingerprint density at radius 2 is 2.15 bits per heavy atom. The van der Waals surface area contributed by atoms with E-state index in [-0.39, 0.29) is 5.75 Å². The summed E-state index contributed by atoms with van der Waals surface area (Å²) < 4.78 is 4.46. The standard InChI is InChI=1S/C5H10O5S3/c1-3(5(7,8)9)10-4(6)2-12-13-11/h3,7-9,11H,2H2,1H3. The van der Waals surface area contributed by atoms with Gasteiger partial charge in [0.2, 0.25) is 0 Å². The van der Waals surface area contributed by atoms with Crippen LogP contribution in [0, 0.1) is 0 Å². The Kier molecular flexibility index (Phi) is 6.18. The highest BCUT2D eigenvalue weighted by atomic mass is 33.5. The Hall–Kier alpha value is 0.400. The second kappa shape index (κ2) is 5.99. The van der Waals surface area contributed by atoms with Gasteiger partial charge in [0.1, 0.15) is 5.75 Å². The lowest BCUT2D eigenvalue weighted by atomic mass is 10.3. The Balaban J connectivity index is 3.79. The monoisotopic (exact) mass is 246 g/mol. The van der Waals surface area contributed by atoms with E-state index < -0.39 is 18.0 Å². The minimum Gasteiger partial charge on any atom is -0.453 e. The molecular weight excluding hydrogens is 236 g/mol. The van der Waals surface area contributed by atoms with Crippen LogP contribution in [0.2, 0.25) is 0 Å². The first-order valence-corrected chi connectivity index (χ1v) is 6.54. The molecule has 78 valence electrons. The van der Waals surface area contributed by atoms with Crippen LogP contribution in [0.4, 0.5) is 0 Å². The maximum Gasteiger partial charge on any atom is 0.317 e. The van der Waals surface area contributed by atoms with Crippen molar-refractivity contribution in [3.63, 3.8) is 0 Å². The molecule has 1 unspecified atom stereocenters. The predicted octanol–water partition coefficient (Wildman–Crippen LogP) is -0.225. The van der Waals surface area contributed by atoms with Crippen LogP contribution in [0.3, 0.4) is 0 Å². The molecule has 0 fully saturated rings. The predicted molar refractivity (Wildman–Crippen MR) is 54.0 cm³/mol. The Labute approximate surface area is 88.1 Å². The highest BCUT2D eigenvalue weighted by Gasteiger charge is 2.31. The molecule has 1 atom stereocenters. The number of ether oxygens (including phenoxy) is 1. The summed E-state index contributed by atoms with van der Waals surface area (Å²) in [6.07, 6.45) is -1.38. The van der Waals surface area contributed by atoms with E-state index in [0.29, 0.717) is 0 Å². The first-order chi connectivity index (χ1) is 5.88. The van der Waals surface area contributed by atoms with Crippen molar-refractivity contribution in [3.8, 4) is 0 Å². The molecule has 0 aliphatic heterocycles. The number of rotatable bonds is 5. The van der Waals surface area contributed by atoms with Crippen molar-refractivity contribution >= 4 is 38.2 Å². The average molecular weight is 246 g/mol. The fourth-order valence-corrected chi connectivity index (χ4v) is 1.52.